The molecule has 0 spiro atoms. The lowest BCUT2D eigenvalue weighted by Gasteiger charge is -2.21. The zero-order valence-corrected chi connectivity index (χ0v) is 33.8. The van der Waals surface area contributed by atoms with Gasteiger partial charge in [0.2, 0.25) is 0 Å². The molecule has 0 saturated heterocycles. The Morgan fingerprint density at radius 3 is 1.76 bits per heavy atom. The van der Waals surface area contributed by atoms with Crippen LogP contribution in [0, 0.1) is 0 Å². The Morgan fingerprint density at radius 2 is 0.966 bits per heavy atom. The van der Waals surface area contributed by atoms with Crippen molar-refractivity contribution in [2.24, 2.45) is 0 Å². The summed E-state index contributed by atoms with van der Waals surface area (Å²) in [5.41, 5.74) is 12.0. The van der Waals surface area contributed by atoms with Crippen molar-refractivity contribution in [2.45, 2.75) is 19.3 Å². The number of fused-ring (bicyclic) bond motifs is 9. The zero-order valence-electron chi connectivity index (χ0n) is 32.1. The first-order chi connectivity index (χ1) is 29.0. The van der Waals surface area contributed by atoms with E-state index in [0.29, 0.717) is 17.5 Å². The van der Waals surface area contributed by atoms with E-state index in [4.69, 9.17) is 24.9 Å². The van der Waals surface area contributed by atoms with E-state index in [1.807, 2.05) is 60.7 Å². The molecule has 7 aromatic carbocycles. The largest absolute Gasteiger partial charge is 0.226 e. The van der Waals surface area contributed by atoms with Crippen molar-refractivity contribution in [1.82, 2.24) is 24.9 Å². The molecule has 0 atom stereocenters. The minimum Gasteiger partial charge on any atom is -0.226 e. The van der Waals surface area contributed by atoms with Gasteiger partial charge in [-0.15, -0.1) is 22.7 Å². The first kappa shape index (κ1) is 34.1. The molecule has 7 heteroatoms. The molecule has 4 heterocycles. The SMILES string of the molecule is CC1(C)c2ccccc2-c2ccc(-c3nc(-c4cccc5c4sc4cccc(-c6nc(-c7ccccc7)nc(-c7ccccc7)n6)c45)c4sc5ccccc5c4n3)cc21. The van der Waals surface area contributed by atoms with Crippen molar-refractivity contribution < 1.29 is 0 Å². The average Bonchev–Trinajstić information content (AvgIpc) is 3.94. The van der Waals surface area contributed by atoms with Gasteiger partial charge in [0, 0.05) is 63.5 Å². The van der Waals surface area contributed by atoms with Crippen LogP contribution in [0.3, 0.4) is 0 Å². The van der Waals surface area contributed by atoms with E-state index in [2.05, 4.69) is 117 Å². The molecule has 0 fully saturated rings. The first-order valence-corrected chi connectivity index (χ1v) is 21.4. The fourth-order valence-corrected chi connectivity index (χ4v) is 11.3. The van der Waals surface area contributed by atoms with Crippen LogP contribution in [0.5, 0.6) is 0 Å². The second-order valence-electron chi connectivity index (χ2n) is 15.6. The lowest BCUT2D eigenvalue weighted by Crippen LogP contribution is -2.15. The minimum absolute atomic E-state index is 0.132. The molecular formula is C52H33N5S2. The predicted octanol–water partition coefficient (Wildman–Crippen LogP) is 14.0. The summed E-state index contributed by atoms with van der Waals surface area (Å²) < 4.78 is 4.62. The molecule has 0 radical (unpaired) electrons. The Bertz CT molecular complexity index is 3420. The highest BCUT2D eigenvalue weighted by atomic mass is 32.1. The van der Waals surface area contributed by atoms with Crippen LogP contribution in [0.2, 0.25) is 0 Å². The van der Waals surface area contributed by atoms with Gasteiger partial charge in [-0.3, -0.25) is 0 Å². The molecule has 278 valence electrons. The number of rotatable bonds is 5. The van der Waals surface area contributed by atoms with Crippen molar-refractivity contribution in [2.75, 3.05) is 0 Å². The third-order valence-electron chi connectivity index (χ3n) is 11.8. The Labute approximate surface area is 348 Å². The van der Waals surface area contributed by atoms with Crippen molar-refractivity contribution in [3.8, 4) is 67.9 Å². The van der Waals surface area contributed by atoms with E-state index < -0.39 is 0 Å². The molecule has 12 rings (SSSR count). The van der Waals surface area contributed by atoms with E-state index in [1.165, 1.54) is 31.7 Å². The number of hydrogen-bond acceptors (Lipinski definition) is 7. The Hall–Kier alpha value is -6.93. The maximum atomic E-state index is 5.52. The summed E-state index contributed by atoms with van der Waals surface area (Å²) >= 11 is 3.56. The summed E-state index contributed by atoms with van der Waals surface area (Å²) in [6.45, 7) is 4.64. The van der Waals surface area contributed by atoms with Gasteiger partial charge >= 0.3 is 0 Å². The van der Waals surface area contributed by atoms with Crippen LogP contribution in [0.4, 0.5) is 0 Å². The molecule has 0 N–H and O–H groups in total. The fourth-order valence-electron chi connectivity index (χ4n) is 8.90. The standard InChI is InChI=1S/C52H33N5S2/c1-52(2)39-24-11-9-19-33(39)34-28-27-32(29-40(34)52)50-53-44-35-20-10-12-25-41(35)58-47(44)45(54-50)38-23-13-21-36-43-37(22-14-26-42(43)59-46(36)38)51-56-48(30-15-5-3-6-16-30)55-49(57-51)31-17-7-4-8-18-31/h3-29H,1-2H3. The smallest absolute Gasteiger partial charge is 0.164 e. The van der Waals surface area contributed by atoms with Crippen molar-refractivity contribution in [1.29, 1.82) is 0 Å². The molecule has 0 aliphatic heterocycles. The number of benzene rings is 7. The number of thiophene rings is 2. The van der Waals surface area contributed by atoms with Crippen LogP contribution in [0.1, 0.15) is 25.0 Å². The van der Waals surface area contributed by atoms with Gasteiger partial charge < -0.3 is 0 Å². The van der Waals surface area contributed by atoms with Gasteiger partial charge in [0.1, 0.15) is 0 Å². The van der Waals surface area contributed by atoms with Crippen LogP contribution < -0.4 is 0 Å². The highest BCUT2D eigenvalue weighted by molar-refractivity contribution is 7.27. The Kier molecular flexibility index (Phi) is 7.55. The summed E-state index contributed by atoms with van der Waals surface area (Å²) in [7, 11) is 0. The van der Waals surface area contributed by atoms with Crippen molar-refractivity contribution >= 4 is 63.1 Å². The van der Waals surface area contributed by atoms with Gasteiger partial charge in [0.05, 0.1) is 15.9 Å². The van der Waals surface area contributed by atoms with Gasteiger partial charge in [0.25, 0.3) is 0 Å². The average molecular weight is 792 g/mol. The zero-order chi connectivity index (χ0) is 39.2. The molecule has 0 saturated carbocycles. The van der Waals surface area contributed by atoms with Crippen molar-refractivity contribution in [3.05, 3.63) is 175 Å². The van der Waals surface area contributed by atoms with Crippen LogP contribution in [0.25, 0.3) is 108 Å². The lowest BCUT2D eigenvalue weighted by molar-refractivity contribution is 0.660. The van der Waals surface area contributed by atoms with E-state index >= 15 is 0 Å². The fraction of sp³-hybridized carbons (Fsp3) is 0.0577. The summed E-state index contributed by atoms with van der Waals surface area (Å²) in [5.74, 6) is 2.67. The topological polar surface area (TPSA) is 64.5 Å². The van der Waals surface area contributed by atoms with E-state index in [0.717, 1.165) is 70.4 Å². The summed E-state index contributed by atoms with van der Waals surface area (Å²) in [6.07, 6.45) is 0. The highest BCUT2D eigenvalue weighted by Gasteiger charge is 2.35. The second kappa shape index (κ2) is 13.0. The summed E-state index contributed by atoms with van der Waals surface area (Å²) in [5, 5.41) is 3.42. The van der Waals surface area contributed by atoms with Gasteiger partial charge in [0.15, 0.2) is 23.3 Å². The molecule has 0 unspecified atom stereocenters. The number of hydrogen-bond donors (Lipinski definition) is 0. The third-order valence-corrected chi connectivity index (χ3v) is 14.2. The molecule has 59 heavy (non-hydrogen) atoms. The molecule has 1 aliphatic carbocycles. The van der Waals surface area contributed by atoms with Crippen LogP contribution in [-0.2, 0) is 5.41 Å². The molecule has 4 aromatic heterocycles. The van der Waals surface area contributed by atoms with Crippen molar-refractivity contribution in [3.63, 3.8) is 0 Å². The number of aromatic nitrogens is 5. The van der Waals surface area contributed by atoms with Gasteiger partial charge in [-0.1, -0.05) is 159 Å². The minimum atomic E-state index is -0.132. The monoisotopic (exact) mass is 791 g/mol. The highest BCUT2D eigenvalue weighted by Crippen LogP contribution is 2.50. The molecule has 5 nitrogen and oxygen atoms in total. The van der Waals surface area contributed by atoms with Crippen LogP contribution in [0.15, 0.2) is 164 Å². The second-order valence-corrected chi connectivity index (χ2v) is 17.7. The lowest BCUT2D eigenvalue weighted by atomic mass is 9.82. The maximum absolute atomic E-state index is 5.52. The molecule has 0 amide bonds. The van der Waals surface area contributed by atoms with Crippen LogP contribution in [-0.4, -0.2) is 24.9 Å². The van der Waals surface area contributed by atoms with Gasteiger partial charge in [-0.05, 0) is 40.5 Å². The Morgan fingerprint density at radius 1 is 0.390 bits per heavy atom. The molecule has 0 bridgehead atoms. The Balaban J connectivity index is 1.08. The predicted molar refractivity (Wildman–Crippen MR) is 246 cm³/mol. The summed E-state index contributed by atoms with van der Waals surface area (Å²) in [6, 6.07) is 57.5. The van der Waals surface area contributed by atoms with Gasteiger partial charge in [-0.25, -0.2) is 24.9 Å². The van der Waals surface area contributed by atoms with E-state index in [9.17, 15) is 0 Å². The van der Waals surface area contributed by atoms with E-state index in [-0.39, 0.29) is 5.41 Å². The first-order valence-electron chi connectivity index (χ1n) is 19.8. The quantitative estimate of drug-likeness (QED) is 0.174. The molecule has 1 aliphatic rings. The third kappa shape index (κ3) is 5.32. The maximum Gasteiger partial charge on any atom is 0.164 e. The molecule has 11 aromatic rings. The number of nitrogens with zero attached hydrogens (tertiary/aromatic N) is 5. The molecular weight excluding hydrogens is 759 g/mol. The van der Waals surface area contributed by atoms with E-state index in [1.54, 1.807) is 22.7 Å². The van der Waals surface area contributed by atoms with Crippen LogP contribution >= 0.6 is 22.7 Å². The summed E-state index contributed by atoms with van der Waals surface area (Å²) in [4.78, 5) is 26.1. The normalized spacial score (nSPS) is 13.1. The van der Waals surface area contributed by atoms with Gasteiger partial charge in [-0.2, -0.15) is 0 Å².